The molecular weight excluding hydrogens is 314 g/mol. The molecule has 22 heavy (non-hydrogen) atoms. The van der Waals surface area contributed by atoms with Crippen LogP contribution in [0.15, 0.2) is 60.1 Å². The molecule has 0 spiro atoms. The summed E-state index contributed by atoms with van der Waals surface area (Å²) in [5, 5.41) is 8.79. The third-order valence-corrected chi connectivity index (χ3v) is 4.42. The van der Waals surface area contributed by atoms with Gasteiger partial charge < -0.3 is 17.7 Å². The number of nitrogens with zero attached hydrogens (tertiary/aromatic N) is 2. The van der Waals surface area contributed by atoms with Crippen molar-refractivity contribution >= 4 is 44.0 Å². The Morgan fingerprint density at radius 3 is 2.09 bits per heavy atom. The van der Waals surface area contributed by atoms with Crippen LogP contribution in [0, 0.1) is 0 Å². The zero-order chi connectivity index (χ0) is 14.2. The molecule has 0 atom stereocenters. The molecule has 0 fully saturated rings. The number of thiazole rings is 1. The number of benzene rings is 2. The van der Waals surface area contributed by atoms with Gasteiger partial charge in [-0.2, -0.15) is 4.57 Å². The van der Waals surface area contributed by atoms with Gasteiger partial charge in [0.25, 0.3) is 0 Å². The third kappa shape index (κ3) is 2.30. The van der Waals surface area contributed by atoms with Gasteiger partial charge in [-0.25, -0.2) is 4.98 Å². The van der Waals surface area contributed by atoms with E-state index in [4.69, 9.17) is 0 Å². The molecule has 1 N–H and O–H groups in total. The molecule has 0 aliphatic carbocycles. The first-order chi connectivity index (χ1) is 10.3. The third-order valence-electron chi connectivity index (χ3n) is 3.73. The first-order valence-corrected chi connectivity index (χ1v) is 7.68. The van der Waals surface area contributed by atoms with Crippen LogP contribution < -0.4 is 22.3 Å². The fraction of sp³-hybridized carbons (Fsp3) is 0.0588. The number of halogens is 1. The summed E-state index contributed by atoms with van der Waals surface area (Å²) in [5.41, 5.74) is 3.53. The number of aryl methyl sites for hydroxylation is 1. The topological polar surface area (TPSA) is 28.8 Å². The van der Waals surface area contributed by atoms with Crippen LogP contribution in [-0.2, 0) is 7.05 Å². The summed E-state index contributed by atoms with van der Waals surface area (Å²) in [6, 6.07) is 16.9. The average Bonchev–Trinajstić information content (AvgIpc) is 3.04. The average molecular weight is 328 g/mol. The van der Waals surface area contributed by atoms with Gasteiger partial charge in [0.2, 0.25) is 11.0 Å². The first kappa shape index (κ1) is 14.8. The van der Waals surface area contributed by atoms with E-state index in [-0.39, 0.29) is 12.4 Å². The minimum atomic E-state index is 0. The lowest BCUT2D eigenvalue weighted by Crippen LogP contribution is -3.00. The summed E-state index contributed by atoms with van der Waals surface area (Å²) in [7, 11) is 2.11. The predicted octanol–water partition coefficient (Wildman–Crippen LogP) is 1.02. The Balaban J connectivity index is 0.00000144. The summed E-state index contributed by atoms with van der Waals surface area (Å²) >= 11 is 1.61. The van der Waals surface area contributed by atoms with Gasteiger partial charge in [-0.3, -0.25) is 0 Å². The van der Waals surface area contributed by atoms with Crippen LogP contribution in [-0.4, -0.2) is 4.98 Å². The highest BCUT2D eigenvalue weighted by atomic mass is 35.5. The second-order valence-corrected chi connectivity index (χ2v) is 5.83. The van der Waals surface area contributed by atoms with Gasteiger partial charge in [-0.05, 0) is 12.1 Å². The van der Waals surface area contributed by atoms with E-state index in [2.05, 4.69) is 70.4 Å². The van der Waals surface area contributed by atoms with Crippen molar-refractivity contribution in [2.24, 2.45) is 7.05 Å². The summed E-state index contributed by atoms with van der Waals surface area (Å²) in [6.45, 7) is 0. The smallest absolute Gasteiger partial charge is 0.214 e. The van der Waals surface area contributed by atoms with Gasteiger partial charge in [0, 0.05) is 23.7 Å². The van der Waals surface area contributed by atoms with E-state index >= 15 is 0 Å². The minimum Gasteiger partial charge on any atom is -1.00 e. The van der Waals surface area contributed by atoms with Crippen molar-refractivity contribution in [2.45, 2.75) is 0 Å². The Morgan fingerprint density at radius 2 is 1.55 bits per heavy atom. The lowest BCUT2D eigenvalue weighted by Gasteiger charge is -2.10. The zero-order valence-corrected chi connectivity index (χ0v) is 13.5. The summed E-state index contributed by atoms with van der Waals surface area (Å²) < 4.78 is 2.23. The van der Waals surface area contributed by atoms with Gasteiger partial charge in [0.1, 0.15) is 7.05 Å². The molecule has 2 heterocycles. The fourth-order valence-electron chi connectivity index (χ4n) is 2.76. The molecule has 0 bridgehead atoms. The Bertz CT molecular complexity index is 878. The molecule has 0 amide bonds. The van der Waals surface area contributed by atoms with Gasteiger partial charge in [-0.15, -0.1) is 11.3 Å². The summed E-state index contributed by atoms with van der Waals surface area (Å²) in [4.78, 5) is 4.35. The molecule has 0 saturated heterocycles. The number of aromatic nitrogens is 2. The number of hydrogen-bond acceptors (Lipinski definition) is 3. The van der Waals surface area contributed by atoms with Gasteiger partial charge in [0.15, 0.2) is 5.13 Å². The Morgan fingerprint density at radius 1 is 0.955 bits per heavy atom. The van der Waals surface area contributed by atoms with E-state index in [1.165, 1.54) is 21.8 Å². The number of pyridine rings is 1. The second-order valence-electron chi connectivity index (χ2n) is 4.93. The highest BCUT2D eigenvalue weighted by Crippen LogP contribution is 2.32. The first-order valence-electron chi connectivity index (χ1n) is 6.80. The molecule has 2 aromatic carbocycles. The van der Waals surface area contributed by atoms with Crippen LogP contribution in [0.5, 0.6) is 0 Å². The molecule has 4 rings (SSSR count). The zero-order valence-electron chi connectivity index (χ0n) is 12.0. The quantitative estimate of drug-likeness (QED) is 0.440. The molecule has 5 heteroatoms. The molecule has 0 saturated carbocycles. The molecule has 0 unspecified atom stereocenters. The van der Waals surface area contributed by atoms with Gasteiger partial charge >= 0.3 is 0 Å². The molecule has 0 aliphatic rings. The van der Waals surface area contributed by atoms with Crippen LogP contribution in [0.4, 0.5) is 10.8 Å². The van der Waals surface area contributed by atoms with Crippen molar-refractivity contribution in [1.82, 2.24) is 4.98 Å². The van der Waals surface area contributed by atoms with Crippen LogP contribution in [0.2, 0.25) is 0 Å². The van der Waals surface area contributed by atoms with E-state index < -0.39 is 0 Å². The van der Waals surface area contributed by atoms with Gasteiger partial charge in [-0.1, -0.05) is 24.3 Å². The van der Waals surface area contributed by atoms with Crippen LogP contribution in [0.1, 0.15) is 0 Å². The Labute approximate surface area is 138 Å². The molecule has 3 nitrogen and oxygen atoms in total. The maximum absolute atomic E-state index is 4.35. The van der Waals surface area contributed by atoms with Crippen molar-refractivity contribution in [2.75, 3.05) is 5.32 Å². The lowest BCUT2D eigenvalue weighted by molar-refractivity contribution is -0.617. The normalized spacial score (nSPS) is 10.6. The van der Waals surface area contributed by atoms with Crippen molar-refractivity contribution in [3.8, 4) is 0 Å². The maximum Gasteiger partial charge on any atom is 0.214 e. The minimum absolute atomic E-state index is 0. The lowest BCUT2D eigenvalue weighted by atomic mass is 10.1. The number of para-hydroxylation sites is 2. The monoisotopic (exact) mass is 327 g/mol. The standard InChI is InChI=1S/C17H13N3S.ClH/c1-20-14-8-4-2-6-12(14)16(19-17-18-10-11-21-17)13-7-3-5-9-15(13)20;/h2-11H,1H3;1H. The molecule has 2 aromatic heterocycles. The van der Waals surface area contributed by atoms with E-state index in [1.54, 1.807) is 11.3 Å². The Kier molecular flexibility index (Phi) is 3.96. The molecule has 0 radical (unpaired) electrons. The number of fused-ring (bicyclic) bond motifs is 2. The van der Waals surface area contributed by atoms with Crippen LogP contribution in [0.3, 0.4) is 0 Å². The van der Waals surface area contributed by atoms with Crippen LogP contribution in [0.25, 0.3) is 21.8 Å². The van der Waals surface area contributed by atoms with Crippen molar-refractivity contribution in [3.05, 3.63) is 60.1 Å². The summed E-state index contributed by atoms with van der Waals surface area (Å²) in [6.07, 6.45) is 1.82. The second kappa shape index (κ2) is 5.91. The van der Waals surface area contributed by atoms with Gasteiger partial charge in [0.05, 0.1) is 16.5 Å². The van der Waals surface area contributed by atoms with E-state index in [1.807, 2.05) is 11.6 Å². The number of anilines is 2. The molecular formula is C17H14ClN3S. The molecule has 4 aromatic rings. The summed E-state index contributed by atoms with van der Waals surface area (Å²) in [5.74, 6) is 0. The maximum atomic E-state index is 4.35. The SMILES string of the molecule is C[n+]1c2ccccc2c(Nc2nccs2)c2ccccc21.[Cl-]. The Hall–Kier alpha value is -2.17. The largest absolute Gasteiger partial charge is 1.00 e. The van der Waals surface area contributed by atoms with E-state index in [0.717, 1.165) is 10.8 Å². The van der Waals surface area contributed by atoms with E-state index in [9.17, 15) is 0 Å². The predicted molar refractivity (Wildman–Crippen MR) is 88.0 cm³/mol. The van der Waals surface area contributed by atoms with Crippen molar-refractivity contribution in [1.29, 1.82) is 0 Å². The number of rotatable bonds is 2. The van der Waals surface area contributed by atoms with Crippen molar-refractivity contribution in [3.63, 3.8) is 0 Å². The number of nitrogens with one attached hydrogen (secondary N) is 1. The molecule has 110 valence electrons. The highest BCUT2D eigenvalue weighted by Gasteiger charge is 2.17. The number of hydrogen-bond donors (Lipinski definition) is 1. The van der Waals surface area contributed by atoms with Crippen molar-refractivity contribution < 1.29 is 17.0 Å². The fourth-order valence-corrected chi connectivity index (χ4v) is 3.29. The van der Waals surface area contributed by atoms with Crippen LogP contribution >= 0.6 is 11.3 Å². The highest BCUT2D eigenvalue weighted by molar-refractivity contribution is 7.13. The van der Waals surface area contributed by atoms with E-state index in [0.29, 0.717) is 0 Å². The molecule has 0 aliphatic heterocycles.